The molecule has 11 heavy (non-hydrogen) atoms. The van der Waals surface area contributed by atoms with Crippen LogP contribution in [0, 0.1) is 0 Å². The molecular weight excluding hydrogens is 210 g/mol. The van der Waals surface area contributed by atoms with Crippen LogP contribution in [0.2, 0.25) is 0 Å². The van der Waals surface area contributed by atoms with Crippen LogP contribution in [0.5, 0.6) is 0 Å². The van der Waals surface area contributed by atoms with E-state index in [4.69, 9.17) is 44.3 Å². The molecule has 1 unspecified atom stereocenters. The highest BCUT2D eigenvalue weighted by Crippen LogP contribution is 2.04. The first-order valence-corrected chi connectivity index (χ1v) is 4.50. The number of hydrogen-bond donors (Lipinski definition) is 0. The van der Waals surface area contributed by atoms with Gasteiger partial charge in [-0.05, 0) is 6.92 Å². The summed E-state index contributed by atoms with van der Waals surface area (Å²) in [5.41, 5.74) is -0.329. The Hall–Kier alpha value is 0.500. The number of rotatable bonds is 4. The molecule has 0 radical (unpaired) electrons. The first-order valence-electron chi connectivity index (χ1n) is 3.00. The predicted octanol–water partition coefficient (Wildman–Crippen LogP) is 2.60. The fourth-order valence-corrected chi connectivity index (χ4v) is 0.936. The summed E-state index contributed by atoms with van der Waals surface area (Å²) >= 11 is 16.0. The van der Waals surface area contributed by atoms with Gasteiger partial charge in [0.05, 0.1) is 0 Å². The van der Waals surface area contributed by atoms with Gasteiger partial charge in [-0.2, -0.15) is 0 Å². The third-order valence-corrected chi connectivity index (χ3v) is 1.27. The second-order valence-corrected chi connectivity index (χ2v) is 2.48. The molecule has 0 bridgehead atoms. The van der Waals surface area contributed by atoms with E-state index >= 15 is 0 Å². The molecular formula is C6H11Cl3O2. The number of carbonyl (C=O) groups is 1. The second kappa shape index (κ2) is 13.1. The largest absolute Gasteiger partial charge is 0.347 e. The standard InChI is InChI=1S/C4H7Cl3O.C2H4O/c5-2-1-4(7)8-3-6;1-2-3/h4H,1-3H2;2H,1H3. The molecule has 0 aromatic rings. The molecule has 0 fully saturated rings. The lowest BCUT2D eigenvalue weighted by Crippen LogP contribution is -2.03. The van der Waals surface area contributed by atoms with E-state index in [1.165, 1.54) is 6.92 Å². The molecule has 0 aliphatic rings. The van der Waals surface area contributed by atoms with Crippen molar-refractivity contribution in [1.82, 2.24) is 0 Å². The molecule has 0 saturated carbocycles. The van der Waals surface area contributed by atoms with Crippen molar-refractivity contribution in [3.63, 3.8) is 0 Å². The van der Waals surface area contributed by atoms with Crippen molar-refractivity contribution in [3.8, 4) is 0 Å². The van der Waals surface area contributed by atoms with Gasteiger partial charge in [-0.1, -0.05) is 23.2 Å². The molecule has 0 amide bonds. The Bertz CT molecular complexity index is 74.2. The zero-order chi connectivity index (χ0) is 9.11. The van der Waals surface area contributed by atoms with Gasteiger partial charge in [0.2, 0.25) is 0 Å². The fourth-order valence-electron chi connectivity index (χ4n) is 0.237. The highest BCUT2D eigenvalue weighted by atomic mass is 35.5. The van der Waals surface area contributed by atoms with E-state index in [9.17, 15) is 0 Å². The summed E-state index contributed by atoms with van der Waals surface area (Å²) < 4.78 is 4.73. The van der Waals surface area contributed by atoms with Crippen molar-refractivity contribution in [2.75, 3.05) is 11.9 Å². The Kier molecular flexibility index (Phi) is 16.8. The summed E-state index contributed by atoms with van der Waals surface area (Å²) in [5.74, 6) is 0.505. The number of aldehydes is 1. The number of alkyl halides is 3. The van der Waals surface area contributed by atoms with E-state index in [2.05, 4.69) is 0 Å². The van der Waals surface area contributed by atoms with E-state index in [0.29, 0.717) is 12.3 Å². The normalized spacial score (nSPS) is 11.3. The highest BCUT2D eigenvalue weighted by molar-refractivity contribution is 6.22. The van der Waals surface area contributed by atoms with Crippen molar-refractivity contribution < 1.29 is 9.53 Å². The quantitative estimate of drug-likeness (QED) is 0.539. The van der Waals surface area contributed by atoms with Gasteiger partial charge in [0.15, 0.2) is 0 Å². The van der Waals surface area contributed by atoms with E-state index in [0.717, 1.165) is 6.29 Å². The van der Waals surface area contributed by atoms with E-state index < -0.39 is 0 Å². The summed E-state index contributed by atoms with van der Waals surface area (Å²) in [6, 6.07) is 0.130. The van der Waals surface area contributed by atoms with E-state index in [1.54, 1.807) is 0 Å². The lowest BCUT2D eigenvalue weighted by Gasteiger charge is -2.03. The molecule has 0 heterocycles. The van der Waals surface area contributed by atoms with Crippen LogP contribution in [-0.4, -0.2) is 23.8 Å². The van der Waals surface area contributed by atoms with E-state index in [1.807, 2.05) is 0 Å². The number of ether oxygens (including phenoxy) is 1. The van der Waals surface area contributed by atoms with Crippen molar-refractivity contribution in [1.29, 1.82) is 0 Å². The first-order chi connectivity index (χ1) is 5.22. The lowest BCUT2D eigenvalue weighted by atomic mass is 10.5. The van der Waals surface area contributed by atoms with Gasteiger partial charge >= 0.3 is 0 Å². The zero-order valence-electron chi connectivity index (χ0n) is 6.23. The minimum Gasteiger partial charge on any atom is -0.347 e. The maximum absolute atomic E-state index is 8.81. The minimum atomic E-state index is -0.329. The Balaban J connectivity index is 0. The smallest absolute Gasteiger partial charge is 0.133 e. The van der Waals surface area contributed by atoms with Crippen molar-refractivity contribution in [2.24, 2.45) is 0 Å². The fraction of sp³-hybridized carbons (Fsp3) is 0.833. The maximum atomic E-state index is 8.81. The first kappa shape index (κ1) is 14.0. The Labute approximate surface area is 81.8 Å². The maximum Gasteiger partial charge on any atom is 0.133 e. The van der Waals surface area contributed by atoms with E-state index in [-0.39, 0.29) is 11.6 Å². The summed E-state index contributed by atoms with van der Waals surface area (Å²) in [6.07, 6.45) is 1.38. The van der Waals surface area contributed by atoms with Crippen molar-refractivity contribution in [2.45, 2.75) is 18.9 Å². The van der Waals surface area contributed by atoms with Crippen molar-refractivity contribution in [3.05, 3.63) is 0 Å². The molecule has 1 atom stereocenters. The van der Waals surface area contributed by atoms with Crippen LogP contribution in [0.25, 0.3) is 0 Å². The average molecular weight is 222 g/mol. The molecule has 0 rings (SSSR count). The Morgan fingerprint density at radius 2 is 2.00 bits per heavy atom. The Morgan fingerprint density at radius 3 is 2.27 bits per heavy atom. The van der Waals surface area contributed by atoms with Crippen LogP contribution in [0.1, 0.15) is 13.3 Å². The molecule has 0 aliphatic carbocycles. The van der Waals surface area contributed by atoms with Crippen LogP contribution in [0.15, 0.2) is 0 Å². The average Bonchev–Trinajstić information content (AvgIpc) is 1.90. The number of hydrogen-bond acceptors (Lipinski definition) is 2. The minimum absolute atomic E-state index is 0.130. The molecule has 2 nitrogen and oxygen atoms in total. The molecule has 0 aliphatic heterocycles. The third kappa shape index (κ3) is 18.0. The summed E-state index contributed by atoms with van der Waals surface area (Å²) in [7, 11) is 0. The Morgan fingerprint density at radius 1 is 1.55 bits per heavy atom. The van der Waals surface area contributed by atoms with Gasteiger partial charge in [0.1, 0.15) is 17.9 Å². The van der Waals surface area contributed by atoms with Crippen LogP contribution in [-0.2, 0) is 9.53 Å². The SMILES string of the molecule is CC=O.ClCCC(Cl)OCCl. The second-order valence-electron chi connectivity index (χ2n) is 1.40. The molecule has 0 N–H and O–H groups in total. The van der Waals surface area contributed by atoms with Crippen LogP contribution >= 0.6 is 34.8 Å². The van der Waals surface area contributed by atoms with Crippen LogP contribution in [0.4, 0.5) is 0 Å². The summed E-state index contributed by atoms with van der Waals surface area (Å²) in [6.45, 7) is 1.44. The highest BCUT2D eigenvalue weighted by Gasteiger charge is 1.99. The summed E-state index contributed by atoms with van der Waals surface area (Å²) in [5, 5.41) is 0. The number of carbonyl (C=O) groups excluding carboxylic acids is 1. The zero-order valence-corrected chi connectivity index (χ0v) is 8.49. The monoisotopic (exact) mass is 220 g/mol. The molecule has 0 spiro atoms. The van der Waals surface area contributed by atoms with Gasteiger partial charge in [-0.15, -0.1) is 11.6 Å². The van der Waals surface area contributed by atoms with Crippen LogP contribution < -0.4 is 0 Å². The van der Waals surface area contributed by atoms with Crippen LogP contribution in [0.3, 0.4) is 0 Å². The molecule has 0 aromatic heterocycles. The van der Waals surface area contributed by atoms with Gasteiger partial charge in [0, 0.05) is 12.3 Å². The summed E-state index contributed by atoms with van der Waals surface area (Å²) in [4.78, 5) is 8.81. The lowest BCUT2D eigenvalue weighted by molar-refractivity contribution is -0.106. The van der Waals surface area contributed by atoms with Gasteiger partial charge in [-0.3, -0.25) is 0 Å². The number of halogens is 3. The molecule has 0 saturated heterocycles. The van der Waals surface area contributed by atoms with Crippen molar-refractivity contribution >= 4 is 41.1 Å². The van der Waals surface area contributed by atoms with Gasteiger partial charge in [0.25, 0.3) is 0 Å². The third-order valence-electron chi connectivity index (χ3n) is 0.580. The topological polar surface area (TPSA) is 26.3 Å². The van der Waals surface area contributed by atoms with Gasteiger partial charge in [-0.25, -0.2) is 0 Å². The molecule has 68 valence electrons. The molecule has 5 heteroatoms. The van der Waals surface area contributed by atoms with Gasteiger partial charge < -0.3 is 9.53 Å². The molecule has 0 aromatic carbocycles. The predicted molar refractivity (Wildman–Crippen MR) is 48.5 cm³/mol.